The van der Waals surface area contributed by atoms with Crippen LogP contribution in [0.15, 0.2) is 34.9 Å². The van der Waals surface area contributed by atoms with Gasteiger partial charge in [-0.15, -0.1) is 0 Å². The van der Waals surface area contributed by atoms with E-state index >= 15 is 0 Å². The summed E-state index contributed by atoms with van der Waals surface area (Å²) in [5.41, 5.74) is 7.06. The van der Waals surface area contributed by atoms with Gasteiger partial charge >= 0.3 is 0 Å². The third-order valence-electron chi connectivity index (χ3n) is 3.08. The summed E-state index contributed by atoms with van der Waals surface area (Å²) in [7, 11) is 0. The van der Waals surface area contributed by atoms with Crippen LogP contribution in [0.2, 0.25) is 0 Å². The summed E-state index contributed by atoms with van der Waals surface area (Å²) in [5, 5.41) is 4.04. The molecule has 114 valence electrons. The Labute approximate surface area is 129 Å². The lowest BCUT2D eigenvalue weighted by molar-refractivity contribution is 0.0833. The first kappa shape index (κ1) is 16.0. The van der Waals surface area contributed by atoms with Gasteiger partial charge in [-0.25, -0.2) is 0 Å². The molecule has 0 aliphatic carbocycles. The molecular weight excluding hydrogens is 286 g/mol. The van der Waals surface area contributed by atoms with Gasteiger partial charge < -0.3 is 15.0 Å². The summed E-state index contributed by atoms with van der Waals surface area (Å²) in [5.74, 6) is 1.96. The molecule has 1 aromatic heterocycles. The van der Waals surface area contributed by atoms with E-state index in [9.17, 15) is 0 Å². The van der Waals surface area contributed by atoms with Crippen LogP contribution < -0.4 is 5.73 Å². The minimum absolute atomic E-state index is 0.225. The van der Waals surface area contributed by atoms with E-state index in [2.05, 4.69) is 10.1 Å². The van der Waals surface area contributed by atoms with Crippen molar-refractivity contribution in [3.05, 3.63) is 47.6 Å². The Bertz CT molecular complexity index is 533. The van der Waals surface area contributed by atoms with Crippen LogP contribution in [0.5, 0.6) is 0 Å². The van der Waals surface area contributed by atoms with Gasteiger partial charge in [0.1, 0.15) is 6.10 Å². The third kappa shape index (κ3) is 4.30. The third-order valence-corrected chi connectivity index (χ3v) is 3.72. The van der Waals surface area contributed by atoms with Crippen LogP contribution in [0, 0.1) is 0 Å². The number of nitrogens with two attached hydrogens (primary N) is 1. The number of benzene rings is 1. The first-order chi connectivity index (χ1) is 10.3. The molecule has 2 atom stereocenters. The molecule has 2 unspecified atom stereocenters. The molecule has 0 bridgehead atoms. The first-order valence-electron chi connectivity index (χ1n) is 7.00. The maximum absolute atomic E-state index is 6.06. The van der Waals surface area contributed by atoms with Crippen molar-refractivity contribution in [1.29, 1.82) is 0 Å². The Morgan fingerprint density at radius 3 is 2.76 bits per heavy atom. The lowest BCUT2D eigenvalue weighted by Crippen LogP contribution is -2.12. The van der Waals surface area contributed by atoms with Crippen LogP contribution in [0.4, 0.5) is 0 Å². The molecule has 0 saturated carbocycles. The molecule has 1 heterocycles. The maximum atomic E-state index is 6.06. The number of hydrogen-bond acceptors (Lipinski definition) is 6. The van der Waals surface area contributed by atoms with E-state index in [1.807, 2.05) is 43.5 Å². The highest BCUT2D eigenvalue weighted by Gasteiger charge is 2.22. The zero-order chi connectivity index (χ0) is 15.1. The lowest BCUT2D eigenvalue weighted by atomic mass is 10.1. The van der Waals surface area contributed by atoms with E-state index in [1.165, 1.54) is 0 Å². The van der Waals surface area contributed by atoms with Crippen molar-refractivity contribution in [2.45, 2.75) is 25.5 Å². The number of ether oxygens (including phenoxy) is 1. The second kappa shape index (κ2) is 8.17. The number of aromatic nitrogens is 2. The molecule has 21 heavy (non-hydrogen) atoms. The largest absolute Gasteiger partial charge is 0.366 e. The monoisotopic (exact) mass is 307 g/mol. The van der Waals surface area contributed by atoms with Gasteiger partial charge in [0, 0.05) is 6.61 Å². The average molecular weight is 307 g/mol. The Balaban J connectivity index is 2.16. The number of rotatable bonds is 8. The first-order valence-corrected chi connectivity index (χ1v) is 8.40. The number of thioether (sulfide) groups is 1. The highest BCUT2D eigenvalue weighted by Crippen LogP contribution is 2.25. The normalized spacial score (nSPS) is 14.0. The van der Waals surface area contributed by atoms with Crippen LogP contribution in [-0.2, 0) is 4.74 Å². The van der Waals surface area contributed by atoms with Crippen LogP contribution in [-0.4, -0.2) is 28.8 Å². The van der Waals surface area contributed by atoms with Crippen molar-refractivity contribution in [2.75, 3.05) is 18.6 Å². The molecule has 2 aromatic rings. The van der Waals surface area contributed by atoms with Gasteiger partial charge in [0.15, 0.2) is 0 Å². The fourth-order valence-electron chi connectivity index (χ4n) is 1.99. The van der Waals surface area contributed by atoms with Crippen molar-refractivity contribution < 1.29 is 9.26 Å². The maximum Gasteiger partial charge on any atom is 0.243 e. The molecular formula is C15H21N3O2S. The van der Waals surface area contributed by atoms with Crippen molar-refractivity contribution in [2.24, 2.45) is 5.73 Å². The molecule has 0 saturated heterocycles. The summed E-state index contributed by atoms with van der Waals surface area (Å²) in [6.45, 7) is 2.52. The van der Waals surface area contributed by atoms with E-state index in [0.717, 1.165) is 17.7 Å². The van der Waals surface area contributed by atoms with Gasteiger partial charge in [-0.05, 0) is 30.9 Å². The van der Waals surface area contributed by atoms with Crippen molar-refractivity contribution in [3.63, 3.8) is 0 Å². The predicted molar refractivity (Wildman–Crippen MR) is 84.1 cm³/mol. The Morgan fingerprint density at radius 1 is 1.33 bits per heavy atom. The molecule has 0 radical (unpaired) electrons. The zero-order valence-corrected chi connectivity index (χ0v) is 13.2. The molecule has 2 N–H and O–H groups in total. The van der Waals surface area contributed by atoms with Crippen LogP contribution in [0.25, 0.3) is 0 Å². The molecule has 0 amide bonds. The molecule has 5 nitrogen and oxygen atoms in total. The highest BCUT2D eigenvalue weighted by atomic mass is 32.2. The summed E-state index contributed by atoms with van der Waals surface area (Å²) < 4.78 is 11.1. The smallest absolute Gasteiger partial charge is 0.243 e. The second-order valence-electron chi connectivity index (χ2n) is 4.62. The molecule has 6 heteroatoms. The Hall–Kier alpha value is -1.37. The van der Waals surface area contributed by atoms with Gasteiger partial charge in [0.05, 0.1) is 6.04 Å². The predicted octanol–water partition coefficient (Wildman–Crippen LogP) is 2.95. The van der Waals surface area contributed by atoms with E-state index in [0.29, 0.717) is 18.3 Å². The minimum atomic E-state index is -0.318. The van der Waals surface area contributed by atoms with Crippen molar-refractivity contribution in [1.82, 2.24) is 10.1 Å². The molecule has 0 spiro atoms. The zero-order valence-electron chi connectivity index (χ0n) is 12.4. The van der Waals surface area contributed by atoms with Crippen LogP contribution in [0.1, 0.15) is 42.8 Å². The number of nitrogens with zero attached hydrogens (tertiary/aromatic N) is 2. The van der Waals surface area contributed by atoms with Gasteiger partial charge in [-0.3, -0.25) is 0 Å². The molecule has 0 aliphatic rings. The van der Waals surface area contributed by atoms with E-state index < -0.39 is 0 Å². The minimum Gasteiger partial charge on any atom is -0.366 e. The molecule has 0 aliphatic heterocycles. The number of hydrogen-bond donors (Lipinski definition) is 1. The lowest BCUT2D eigenvalue weighted by Gasteiger charge is -2.13. The molecule has 0 fully saturated rings. The summed E-state index contributed by atoms with van der Waals surface area (Å²) in [6.07, 6.45) is 2.54. The van der Waals surface area contributed by atoms with Crippen molar-refractivity contribution in [3.8, 4) is 0 Å². The van der Waals surface area contributed by atoms with Gasteiger partial charge in [0.25, 0.3) is 0 Å². The van der Waals surface area contributed by atoms with Gasteiger partial charge in [0.2, 0.25) is 11.7 Å². The molecule has 2 rings (SSSR count). The van der Waals surface area contributed by atoms with E-state index in [4.69, 9.17) is 15.0 Å². The Morgan fingerprint density at radius 2 is 2.10 bits per heavy atom. The van der Waals surface area contributed by atoms with Gasteiger partial charge in [-0.1, -0.05) is 35.5 Å². The summed E-state index contributed by atoms with van der Waals surface area (Å²) in [6, 6.07) is 9.65. The standard InChI is InChI=1S/C15H21N3O2S/c1-3-19-13(11-7-5-4-6-8-11)14-17-15(20-18-14)12(16)9-10-21-2/h4-8,12-13H,3,9-10,16H2,1-2H3. The van der Waals surface area contributed by atoms with E-state index in [1.54, 1.807) is 11.8 Å². The van der Waals surface area contributed by atoms with Crippen LogP contribution in [0.3, 0.4) is 0 Å². The Kier molecular flexibility index (Phi) is 6.22. The van der Waals surface area contributed by atoms with Crippen molar-refractivity contribution >= 4 is 11.8 Å². The second-order valence-corrected chi connectivity index (χ2v) is 5.61. The van der Waals surface area contributed by atoms with E-state index in [-0.39, 0.29) is 12.1 Å². The SMILES string of the molecule is CCOC(c1ccccc1)c1noc(C(N)CCSC)n1. The van der Waals surface area contributed by atoms with Gasteiger partial charge in [-0.2, -0.15) is 16.7 Å². The van der Waals surface area contributed by atoms with Crippen LogP contribution >= 0.6 is 11.8 Å². The fraction of sp³-hybridized carbons (Fsp3) is 0.467. The molecule has 1 aromatic carbocycles. The average Bonchev–Trinajstić information content (AvgIpc) is 3.00. The fourth-order valence-corrected chi connectivity index (χ4v) is 2.48. The summed E-state index contributed by atoms with van der Waals surface area (Å²) in [4.78, 5) is 4.42. The highest BCUT2D eigenvalue weighted by molar-refractivity contribution is 7.98. The topological polar surface area (TPSA) is 74.2 Å². The summed E-state index contributed by atoms with van der Waals surface area (Å²) >= 11 is 1.75. The quantitative estimate of drug-likeness (QED) is 0.808.